The Morgan fingerprint density at radius 2 is 1.69 bits per heavy atom. The summed E-state index contributed by atoms with van der Waals surface area (Å²) in [5.74, 6) is 0.0803. The molecule has 0 saturated heterocycles. The lowest BCUT2D eigenvalue weighted by molar-refractivity contribution is -0.136. The van der Waals surface area contributed by atoms with Gasteiger partial charge in [0.1, 0.15) is 28.1 Å². The SMILES string of the molecule is CCOC(=O)C1=c2oc(=O)/c(=C\c3ccc(OC)cc3)n2-c2oc(N)nc2[C@@H]1c1ccc(OC)cc1. The predicted octanol–water partition coefficient (Wildman–Crippen LogP) is 1.71. The van der Waals surface area contributed by atoms with Crippen molar-refractivity contribution >= 4 is 23.6 Å². The molecule has 0 unspecified atom stereocenters. The van der Waals surface area contributed by atoms with Gasteiger partial charge in [-0.05, 0) is 48.4 Å². The molecule has 1 aliphatic heterocycles. The number of anilines is 1. The standard InChI is InChI=1S/C26H23N3O7/c1-4-34-25(31)20-19(15-7-11-17(33-3)12-8-15)21-23(36-26(27)28-21)29-18(24(30)35-22(20)29)13-14-5-9-16(32-2)10-6-14/h5-13,19H,4H2,1-3H3,(H2,27,28)/b18-13+/t19-/m1/s1. The number of nitrogens with zero attached hydrogens (tertiary/aromatic N) is 2. The van der Waals surface area contributed by atoms with Gasteiger partial charge < -0.3 is 28.8 Å². The summed E-state index contributed by atoms with van der Waals surface area (Å²) in [4.78, 5) is 30.7. The molecular weight excluding hydrogens is 466 g/mol. The monoisotopic (exact) mass is 489 g/mol. The number of ether oxygens (including phenoxy) is 3. The Hall–Kier alpha value is -4.73. The zero-order chi connectivity index (χ0) is 25.4. The second-order valence-corrected chi connectivity index (χ2v) is 7.92. The molecule has 0 spiro atoms. The van der Waals surface area contributed by atoms with Gasteiger partial charge in [-0.1, -0.05) is 24.3 Å². The molecule has 4 aromatic rings. The van der Waals surface area contributed by atoms with Crippen LogP contribution in [0.5, 0.6) is 11.5 Å². The van der Waals surface area contributed by atoms with Crippen LogP contribution in [0.25, 0.3) is 17.5 Å². The summed E-state index contributed by atoms with van der Waals surface area (Å²) in [6, 6.07) is 14.1. The normalized spacial score (nSPS) is 14.8. The molecule has 2 N–H and O–H groups in total. The maximum Gasteiger partial charge on any atom is 0.362 e. The number of hydrogen-bond donors (Lipinski definition) is 1. The van der Waals surface area contributed by atoms with E-state index in [1.165, 1.54) is 4.57 Å². The first-order valence-corrected chi connectivity index (χ1v) is 11.1. The number of oxazole rings is 2. The molecule has 1 aliphatic rings. The van der Waals surface area contributed by atoms with Crippen molar-refractivity contribution in [1.82, 2.24) is 9.55 Å². The van der Waals surface area contributed by atoms with E-state index in [1.54, 1.807) is 75.8 Å². The van der Waals surface area contributed by atoms with E-state index in [1.807, 2.05) is 0 Å². The van der Waals surface area contributed by atoms with Crippen LogP contribution in [-0.4, -0.2) is 36.3 Å². The minimum Gasteiger partial charge on any atom is -0.497 e. The number of benzene rings is 2. The maximum absolute atomic E-state index is 13.3. The zero-order valence-electron chi connectivity index (χ0n) is 19.8. The highest BCUT2D eigenvalue weighted by molar-refractivity contribution is 6.12. The van der Waals surface area contributed by atoms with Gasteiger partial charge in [-0.3, -0.25) is 0 Å². The summed E-state index contributed by atoms with van der Waals surface area (Å²) in [6.45, 7) is 1.82. The van der Waals surface area contributed by atoms with E-state index >= 15 is 0 Å². The molecule has 0 fully saturated rings. The van der Waals surface area contributed by atoms with Gasteiger partial charge in [0.15, 0.2) is 0 Å². The summed E-state index contributed by atoms with van der Waals surface area (Å²) in [5.41, 5.74) is 7.12. The number of nitrogen functional groups attached to an aromatic ring is 1. The van der Waals surface area contributed by atoms with Gasteiger partial charge in [-0.25, -0.2) is 14.2 Å². The first kappa shape index (κ1) is 23.0. The molecule has 0 radical (unpaired) electrons. The molecule has 1 atom stereocenters. The highest BCUT2D eigenvalue weighted by atomic mass is 16.5. The smallest absolute Gasteiger partial charge is 0.362 e. The van der Waals surface area contributed by atoms with Gasteiger partial charge in [0.25, 0.3) is 6.01 Å². The van der Waals surface area contributed by atoms with Crippen LogP contribution in [0.1, 0.15) is 29.7 Å². The van der Waals surface area contributed by atoms with Crippen molar-refractivity contribution in [3.8, 4) is 17.4 Å². The van der Waals surface area contributed by atoms with E-state index in [0.29, 0.717) is 28.3 Å². The minimum absolute atomic E-state index is 0.0114. The largest absolute Gasteiger partial charge is 0.497 e. The fourth-order valence-corrected chi connectivity index (χ4v) is 4.23. The van der Waals surface area contributed by atoms with Crippen molar-refractivity contribution in [2.75, 3.05) is 26.6 Å². The van der Waals surface area contributed by atoms with E-state index in [4.69, 9.17) is 28.8 Å². The lowest BCUT2D eigenvalue weighted by Gasteiger charge is -2.22. The molecule has 0 bridgehead atoms. The number of aromatic nitrogens is 2. The lowest BCUT2D eigenvalue weighted by Crippen LogP contribution is -2.37. The molecule has 5 rings (SSSR count). The zero-order valence-corrected chi connectivity index (χ0v) is 19.8. The third kappa shape index (κ3) is 3.82. The average Bonchev–Trinajstić information content (AvgIpc) is 3.42. The average molecular weight is 489 g/mol. The van der Waals surface area contributed by atoms with Gasteiger partial charge >= 0.3 is 11.6 Å². The van der Waals surface area contributed by atoms with Gasteiger partial charge in [-0.2, -0.15) is 4.98 Å². The number of rotatable bonds is 6. The Kier molecular flexibility index (Phi) is 5.85. The molecule has 10 heteroatoms. The van der Waals surface area contributed by atoms with E-state index in [-0.39, 0.29) is 35.0 Å². The van der Waals surface area contributed by atoms with Gasteiger partial charge in [-0.15, -0.1) is 0 Å². The number of fused-ring (bicyclic) bond motifs is 3. The van der Waals surface area contributed by atoms with Crippen LogP contribution in [0.15, 0.2) is 62.2 Å². The molecule has 184 valence electrons. The first-order valence-electron chi connectivity index (χ1n) is 11.1. The van der Waals surface area contributed by atoms with Crippen LogP contribution in [0, 0.1) is 0 Å². The first-order chi connectivity index (χ1) is 17.4. The van der Waals surface area contributed by atoms with Crippen molar-refractivity contribution in [2.24, 2.45) is 0 Å². The number of carbonyl (C=O) groups is 1. The Morgan fingerprint density at radius 3 is 2.31 bits per heavy atom. The van der Waals surface area contributed by atoms with E-state index in [2.05, 4.69) is 4.98 Å². The third-order valence-electron chi connectivity index (χ3n) is 5.85. The third-order valence-corrected chi connectivity index (χ3v) is 5.85. The number of methoxy groups -OCH3 is 2. The topological polar surface area (TPSA) is 132 Å². The lowest BCUT2D eigenvalue weighted by atomic mass is 9.87. The second-order valence-electron chi connectivity index (χ2n) is 7.92. The summed E-state index contributed by atoms with van der Waals surface area (Å²) < 4.78 is 28.6. The fraction of sp³-hybridized carbons (Fsp3) is 0.192. The maximum atomic E-state index is 13.3. The quantitative estimate of drug-likeness (QED) is 0.402. The Balaban J connectivity index is 1.84. The van der Waals surface area contributed by atoms with Gasteiger partial charge in [0.05, 0.1) is 26.7 Å². The Bertz CT molecular complexity index is 1610. The van der Waals surface area contributed by atoms with Crippen LogP contribution in [0.4, 0.5) is 6.01 Å². The predicted molar refractivity (Wildman–Crippen MR) is 129 cm³/mol. The molecule has 36 heavy (non-hydrogen) atoms. The van der Waals surface area contributed by atoms with Crippen molar-refractivity contribution in [3.63, 3.8) is 0 Å². The summed E-state index contributed by atoms with van der Waals surface area (Å²) in [7, 11) is 3.13. The van der Waals surface area contributed by atoms with Crippen LogP contribution < -0.4 is 31.7 Å². The van der Waals surface area contributed by atoms with Crippen LogP contribution >= 0.6 is 0 Å². The van der Waals surface area contributed by atoms with Crippen LogP contribution in [-0.2, 0) is 9.53 Å². The summed E-state index contributed by atoms with van der Waals surface area (Å²) in [6.07, 6.45) is 1.62. The molecule has 0 saturated carbocycles. The molecular formula is C26H23N3O7. The molecule has 10 nitrogen and oxygen atoms in total. The molecule has 0 aliphatic carbocycles. The van der Waals surface area contributed by atoms with E-state index in [0.717, 1.165) is 0 Å². The van der Waals surface area contributed by atoms with Crippen molar-refractivity contribution in [3.05, 3.63) is 86.7 Å². The van der Waals surface area contributed by atoms with Crippen LogP contribution in [0.3, 0.4) is 0 Å². The van der Waals surface area contributed by atoms with E-state index < -0.39 is 17.5 Å². The fourth-order valence-electron chi connectivity index (χ4n) is 4.23. The molecule has 3 heterocycles. The highest BCUT2D eigenvalue weighted by Crippen LogP contribution is 2.39. The molecule has 2 aromatic heterocycles. The number of esters is 1. The van der Waals surface area contributed by atoms with Crippen molar-refractivity contribution < 1.29 is 27.8 Å². The number of carbonyl (C=O) groups excluding carboxylic acids is 1. The second kappa shape index (κ2) is 9.14. The minimum atomic E-state index is -0.759. The van der Waals surface area contributed by atoms with Gasteiger partial charge in [0, 0.05) is 0 Å². The Morgan fingerprint density at radius 1 is 1.06 bits per heavy atom. The molecule has 0 amide bonds. The molecule has 2 aromatic carbocycles. The van der Waals surface area contributed by atoms with Crippen molar-refractivity contribution in [1.29, 1.82) is 0 Å². The highest BCUT2D eigenvalue weighted by Gasteiger charge is 2.39. The summed E-state index contributed by atoms with van der Waals surface area (Å²) >= 11 is 0. The van der Waals surface area contributed by atoms with Crippen LogP contribution in [0.2, 0.25) is 0 Å². The number of hydrogen-bond acceptors (Lipinski definition) is 9. The number of nitrogens with two attached hydrogens (primary N) is 1. The van der Waals surface area contributed by atoms with Crippen molar-refractivity contribution in [2.45, 2.75) is 12.8 Å². The Labute approximate surface area is 204 Å². The van der Waals surface area contributed by atoms with Gasteiger partial charge in [0.2, 0.25) is 11.4 Å². The van der Waals surface area contributed by atoms with E-state index in [9.17, 15) is 9.59 Å². The summed E-state index contributed by atoms with van der Waals surface area (Å²) in [5, 5.41) is 0.127.